The number of hydrogen-bond acceptors (Lipinski definition) is 5. The van der Waals surface area contributed by atoms with Crippen molar-refractivity contribution in [3.05, 3.63) is 45.7 Å². The Morgan fingerprint density at radius 2 is 2.07 bits per heavy atom. The Morgan fingerprint density at radius 1 is 1.15 bits per heavy atom. The molecule has 3 aliphatic heterocycles. The molecule has 6 rings (SSSR count). The van der Waals surface area contributed by atoms with Gasteiger partial charge < -0.3 is 4.90 Å². The number of piperidine rings is 1. The molecule has 27 heavy (non-hydrogen) atoms. The van der Waals surface area contributed by atoms with Crippen LogP contribution in [0.4, 0.5) is 0 Å². The molecule has 2 aromatic heterocycles. The highest BCUT2D eigenvalue weighted by atomic mass is 32.1. The van der Waals surface area contributed by atoms with Crippen LogP contribution in [0.1, 0.15) is 51.8 Å². The lowest BCUT2D eigenvalue weighted by atomic mass is 9.95. The Hall–Kier alpha value is -1.79. The molecule has 0 radical (unpaired) electrons. The Kier molecular flexibility index (Phi) is 4.70. The number of nitrogens with zero attached hydrogens (tertiary/aromatic N) is 4. The summed E-state index contributed by atoms with van der Waals surface area (Å²) in [5, 5.41) is 1.28. The van der Waals surface area contributed by atoms with E-state index in [1.165, 1.54) is 47.7 Å². The van der Waals surface area contributed by atoms with Gasteiger partial charge in [-0.1, -0.05) is 6.07 Å². The molecule has 0 N–H and O–H groups in total. The van der Waals surface area contributed by atoms with Crippen LogP contribution in [0.25, 0.3) is 0 Å². The van der Waals surface area contributed by atoms with Crippen LogP contribution in [0.5, 0.6) is 0 Å². The summed E-state index contributed by atoms with van der Waals surface area (Å²) in [5.41, 5.74) is 1.92. The normalized spacial score (nSPS) is 25.3. The summed E-state index contributed by atoms with van der Waals surface area (Å²) < 4.78 is 0. The smallest absolute Gasteiger partial charge is 0.272 e. The van der Waals surface area contributed by atoms with Crippen molar-refractivity contribution in [1.82, 2.24) is 19.8 Å². The van der Waals surface area contributed by atoms with E-state index in [-0.39, 0.29) is 5.91 Å². The van der Waals surface area contributed by atoms with Gasteiger partial charge >= 0.3 is 0 Å². The predicted molar refractivity (Wildman–Crippen MR) is 106 cm³/mol. The van der Waals surface area contributed by atoms with Gasteiger partial charge in [-0.3, -0.25) is 14.7 Å². The molecule has 1 amide bonds. The topological polar surface area (TPSA) is 49.3 Å². The molecular weight excluding hydrogens is 356 g/mol. The highest BCUT2D eigenvalue weighted by Crippen LogP contribution is 2.32. The van der Waals surface area contributed by atoms with Crippen molar-refractivity contribution in [2.75, 3.05) is 19.6 Å². The van der Waals surface area contributed by atoms with E-state index in [1.807, 2.05) is 34.4 Å². The predicted octanol–water partition coefficient (Wildman–Crippen LogP) is 3.15. The molecule has 5 heterocycles. The van der Waals surface area contributed by atoms with Gasteiger partial charge in [-0.25, -0.2) is 4.98 Å². The number of thiazole rings is 1. The monoisotopic (exact) mass is 382 g/mol. The van der Waals surface area contributed by atoms with E-state index in [9.17, 15) is 4.79 Å². The van der Waals surface area contributed by atoms with E-state index in [0.717, 1.165) is 32.6 Å². The number of hydrogen-bond donors (Lipinski definition) is 0. The lowest BCUT2D eigenvalue weighted by molar-refractivity contribution is 0.0730. The Balaban J connectivity index is 1.31. The molecule has 0 aromatic carbocycles. The van der Waals surface area contributed by atoms with Crippen LogP contribution in [0.15, 0.2) is 24.4 Å². The average molecular weight is 383 g/mol. The maximum absolute atomic E-state index is 12.9. The van der Waals surface area contributed by atoms with Gasteiger partial charge in [0.15, 0.2) is 0 Å². The third-order valence-electron chi connectivity index (χ3n) is 6.23. The van der Waals surface area contributed by atoms with E-state index < -0.39 is 0 Å². The minimum Gasteiger partial charge on any atom is -0.335 e. The standard InChI is InChI=1S/C21H26N4OS/c26-21(18-6-3-4-10-22-18)25-12-15-8-9-16(13-25)24(11-15)14-20-23-17-5-1-2-7-19(17)27-20/h3-4,6,10,15-16H,1-2,5,7-9,11-14H2/t15-,16-/m0/s1. The Morgan fingerprint density at radius 3 is 2.93 bits per heavy atom. The second kappa shape index (κ2) is 7.32. The van der Waals surface area contributed by atoms with Gasteiger partial charge in [-0.05, 0) is 56.6 Å². The minimum atomic E-state index is 0.0825. The van der Waals surface area contributed by atoms with Crippen LogP contribution >= 0.6 is 11.3 Å². The third-order valence-corrected chi connectivity index (χ3v) is 7.37. The summed E-state index contributed by atoms with van der Waals surface area (Å²) in [6.45, 7) is 3.71. The minimum absolute atomic E-state index is 0.0825. The van der Waals surface area contributed by atoms with E-state index >= 15 is 0 Å². The number of rotatable bonds is 3. The van der Waals surface area contributed by atoms with Crippen molar-refractivity contribution in [3.63, 3.8) is 0 Å². The zero-order chi connectivity index (χ0) is 18.2. The second-order valence-electron chi connectivity index (χ2n) is 8.14. The van der Waals surface area contributed by atoms with Crippen LogP contribution in [-0.2, 0) is 19.4 Å². The molecule has 2 aromatic rings. The molecule has 2 bridgehead atoms. The van der Waals surface area contributed by atoms with Crippen LogP contribution in [0.3, 0.4) is 0 Å². The average Bonchev–Trinajstić information content (AvgIpc) is 2.89. The number of aromatic nitrogens is 2. The van der Waals surface area contributed by atoms with E-state index in [1.54, 1.807) is 6.20 Å². The largest absolute Gasteiger partial charge is 0.335 e. The molecule has 142 valence electrons. The zero-order valence-corrected chi connectivity index (χ0v) is 16.5. The van der Waals surface area contributed by atoms with Crippen molar-refractivity contribution in [1.29, 1.82) is 0 Å². The number of amides is 1. The first-order chi connectivity index (χ1) is 13.3. The summed E-state index contributed by atoms with van der Waals surface area (Å²) in [4.78, 5) is 28.3. The first-order valence-electron chi connectivity index (χ1n) is 10.2. The lowest BCUT2D eigenvalue weighted by Gasteiger charge is -2.35. The van der Waals surface area contributed by atoms with Crippen LogP contribution in [0.2, 0.25) is 0 Å². The Bertz CT molecular complexity index is 797. The van der Waals surface area contributed by atoms with E-state index in [4.69, 9.17) is 4.98 Å². The van der Waals surface area contributed by atoms with E-state index in [2.05, 4.69) is 9.88 Å². The number of pyridine rings is 1. The summed E-state index contributed by atoms with van der Waals surface area (Å²) >= 11 is 1.92. The fourth-order valence-electron chi connectivity index (χ4n) is 4.84. The molecule has 0 unspecified atom stereocenters. The van der Waals surface area contributed by atoms with Crippen molar-refractivity contribution in [3.8, 4) is 0 Å². The van der Waals surface area contributed by atoms with Gasteiger partial charge in [0, 0.05) is 36.8 Å². The molecule has 0 saturated carbocycles. The first-order valence-corrected chi connectivity index (χ1v) is 11.0. The van der Waals surface area contributed by atoms with Crippen LogP contribution in [-0.4, -0.2) is 51.4 Å². The molecule has 3 fully saturated rings. The van der Waals surface area contributed by atoms with Gasteiger partial charge in [0.25, 0.3) is 5.91 Å². The molecule has 5 nitrogen and oxygen atoms in total. The second-order valence-corrected chi connectivity index (χ2v) is 9.30. The zero-order valence-electron chi connectivity index (χ0n) is 15.6. The van der Waals surface area contributed by atoms with Crippen molar-refractivity contribution < 1.29 is 4.79 Å². The first kappa shape index (κ1) is 17.3. The summed E-state index contributed by atoms with van der Waals surface area (Å²) in [6.07, 6.45) is 9.08. The number of fused-ring (bicyclic) bond motifs is 5. The highest BCUT2D eigenvalue weighted by Gasteiger charge is 2.37. The van der Waals surface area contributed by atoms with Crippen LogP contribution < -0.4 is 0 Å². The number of aryl methyl sites for hydroxylation is 2. The summed E-state index contributed by atoms with van der Waals surface area (Å²) in [7, 11) is 0. The lowest BCUT2D eigenvalue weighted by Crippen LogP contribution is -2.44. The fraction of sp³-hybridized carbons (Fsp3) is 0.571. The van der Waals surface area contributed by atoms with Crippen molar-refractivity contribution >= 4 is 17.2 Å². The summed E-state index contributed by atoms with van der Waals surface area (Å²) in [6, 6.07) is 6.02. The number of carbonyl (C=O) groups is 1. The summed E-state index contributed by atoms with van der Waals surface area (Å²) in [5.74, 6) is 0.644. The maximum Gasteiger partial charge on any atom is 0.272 e. The number of carbonyl (C=O) groups excluding carboxylic acids is 1. The molecule has 4 aliphatic rings. The van der Waals surface area contributed by atoms with Crippen molar-refractivity contribution in [2.24, 2.45) is 5.92 Å². The fourth-order valence-corrected chi connectivity index (χ4v) is 6.02. The molecule has 2 atom stereocenters. The Labute approximate surface area is 164 Å². The SMILES string of the molecule is O=C(c1ccccn1)N1C[C@H]2CC[C@@H](C1)N(Cc1nc3c(s1)CCCC3)C2. The van der Waals surface area contributed by atoms with Gasteiger partial charge in [0.05, 0.1) is 12.2 Å². The molecule has 3 saturated heterocycles. The molecule has 6 heteroatoms. The van der Waals surface area contributed by atoms with E-state index in [0.29, 0.717) is 17.7 Å². The maximum atomic E-state index is 12.9. The van der Waals surface area contributed by atoms with Gasteiger partial charge in [0.2, 0.25) is 0 Å². The van der Waals surface area contributed by atoms with Gasteiger partial charge in [0.1, 0.15) is 10.7 Å². The van der Waals surface area contributed by atoms with Crippen LogP contribution in [0, 0.1) is 5.92 Å². The van der Waals surface area contributed by atoms with Gasteiger partial charge in [-0.15, -0.1) is 11.3 Å². The molecule has 1 aliphatic carbocycles. The van der Waals surface area contributed by atoms with Crippen molar-refractivity contribution in [2.45, 2.75) is 51.1 Å². The molecule has 0 spiro atoms. The van der Waals surface area contributed by atoms with Gasteiger partial charge in [-0.2, -0.15) is 0 Å². The highest BCUT2D eigenvalue weighted by molar-refractivity contribution is 7.11. The third kappa shape index (κ3) is 3.52. The molecular formula is C21H26N4OS. The quantitative estimate of drug-likeness (QED) is 0.818.